The quantitative estimate of drug-likeness (QED) is 0.188. The Bertz CT molecular complexity index is 2330. The number of aromatic nitrogens is 1. The van der Waals surface area contributed by atoms with E-state index in [0.29, 0.717) is 5.84 Å². The predicted molar refractivity (Wildman–Crippen MR) is 191 cm³/mol. The van der Waals surface area contributed by atoms with Crippen molar-refractivity contribution in [2.45, 2.75) is 19.8 Å². The summed E-state index contributed by atoms with van der Waals surface area (Å²) in [4.78, 5) is 10.8. The van der Waals surface area contributed by atoms with Gasteiger partial charge in [-0.1, -0.05) is 122 Å². The van der Waals surface area contributed by atoms with Crippen molar-refractivity contribution in [3.8, 4) is 5.69 Å². The number of nitrogens with zero attached hydrogens (tertiary/aromatic N) is 3. The Morgan fingerprint density at radius 3 is 2.07 bits per heavy atom. The lowest BCUT2D eigenvalue weighted by Crippen LogP contribution is -2.09. The second kappa shape index (κ2) is 11.4. The molecule has 1 aromatic heterocycles. The highest BCUT2D eigenvalue weighted by Gasteiger charge is 2.23. The van der Waals surface area contributed by atoms with E-state index >= 15 is 0 Å². The monoisotopic (exact) mass is 599 g/mol. The van der Waals surface area contributed by atoms with Crippen LogP contribution in [0.5, 0.6) is 0 Å². The maximum Gasteiger partial charge on any atom is 0.162 e. The van der Waals surface area contributed by atoms with Gasteiger partial charge in [0.15, 0.2) is 5.84 Å². The molecule has 3 nitrogen and oxygen atoms in total. The van der Waals surface area contributed by atoms with Crippen LogP contribution in [0.4, 0.5) is 0 Å². The molecule has 0 spiro atoms. The number of fused-ring (bicyclic) bond motifs is 4. The zero-order valence-corrected chi connectivity index (χ0v) is 25.7. The van der Waals surface area contributed by atoms with Crippen LogP contribution in [0, 0.1) is 0 Å². The van der Waals surface area contributed by atoms with E-state index in [2.05, 4.69) is 133 Å². The number of hydrogen-bond acceptors (Lipinski definition) is 2. The minimum atomic E-state index is 0.699. The number of amidine groups is 1. The van der Waals surface area contributed by atoms with Gasteiger partial charge in [-0.3, -0.25) is 0 Å². The molecule has 0 fully saturated rings. The molecule has 7 aromatic rings. The molecule has 45 heavy (non-hydrogen) atoms. The third-order valence-electron chi connectivity index (χ3n) is 8.75. The lowest BCUT2D eigenvalue weighted by molar-refractivity contribution is 1.05. The fourth-order valence-electron chi connectivity index (χ4n) is 6.56. The van der Waals surface area contributed by atoms with Gasteiger partial charge in [0, 0.05) is 28.3 Å². The average molecular weight is 600 g/mol. The van der Waals surface area contributed by atoms with Gasteiger partial charge in [-0.05, 0) is 64.7 Å². The van der Waals surface area contributed by atoms with E-state index < -0.39 is 0 Å². The zero-order chi connectivity index (χ0) is 30.3. The second-order valence-electron chi connectivity index (χ2n) is 11.4. The van der Waals surface area contributed by atoms with Crippen LogP contribution >= 0.6 is 11.6 Å². The first-order valence-corrected chi connectivity index (χ1v) is 15.8. The first kappa shape index (κ1) is 27.3. The molecular formula is C41H30ClN3. The smallest absolute Gasteiger partial charge is 0.162 e. The summed E-state index contributed by atoms with van der Waals surface area (Å²) < 4.78 is 2.33. The van der Waals surface area contributed by atoms with Crippen molar-refractivity contribution in [3.05, 3.63) is 167 Å². The molecular weight excluding hydrogens is 570 g/mol. The molecule has 1 aliphatic heterocycles. The van der Waals surface area contributed by atoms with Crippen molar-refractivity contribution in [1.29, 1.82) is 0 Å². The molecule has 8 rings (SSSR count). The summed E-state index contributed by atoms with van der Waals surface area (Å²) in [7, 11) is 0. The van der Waals surface area contributed by atoms with Crippen molar-refractivity contribution < 1.29 is 0 Å². The van der Waals surface area contributed by atoms with Gasteiger partial charge in [-0.2, -0.15) is 0 Å². The predicted octanol–water partition coefficient (Wildman–Crippen LogP) is 11.1. The fraction of sp³-hybridized carbons (Fsp3) is 0.0732. The maximum absolute atomic E-state index is 6.94. The summed E-state index contributed by atoms with van der Waals surface area (Å²) in [5.41, 5.74) is 9.61. The van der Waals surface area contributed by atoms with E-state index in [1.54, 1.807) is 0 Å². The van der Waals surface area contributed by atoms with Gasteiger partial charge in [0.05, 0.1) is 33.2 Å². The molecule has 216 valence electrons. The highest BCUT2D eigenvalue weighted by Crippen LogP contribution is 2.39. The van der Waals surface area contributed by atoms with Crippen molar-refractivity contribution in [1.82, 2.24) is 4.57 Å². The number of aliphatic imine (C=N–C) groups is 2. The van der Waals surface area contributed by atoms with E-state index in [1.165, 1.54) is 16.3 Å². The highest BCUT2D eigenvalue weighted by molar-refractivity contribution is 6.38. The second-order valence-corrected chi connectivity index (χ2v) is 11.8. The zero-order valence-electron chi connectivity index (χ0n) is 24.9. The van der Waals surface area contributed by atoms with Crippen LogP contribution in [0.1, 0.15) is 36.5 Å². The van der Waals surface area contributed by atoms with Gasteiger partial charge in [0.25, 0.3) is 0 Å². The van der Waals surface area contributed by atoms with Crippen molar-refractivity contribution in [2.75, 3.05) is 0 Å². The van der Waals surface area contributed by atoms with Crippen molar-refractivity contribution in [3.63, 3.8) is 0 Å². The van der Waals surface area contributed by atoms with E-state index in [1.807, 2.05) is 18.2 Å². The lowest BCUT2D eigenvalue weighted by Gasteiger charge is -2.14. The fourth-order valence-corrected chi connectivity index (χ4v) is 6.84. The van der Waals surface area contributed by atoms with E-state index in [9.17, 15) is 0 Å². The Balaban J connectivity index is 1.44. The minimum Gasteiger partial charge on any atom is -0.308 e. The standard InChI is InChI=1S/C41H30ClN3/c1-2-27-25-35(28-14-5-3-6-15-28)43-41(44-40(27)29-16-7-4-8-17-29)32-20-11-12-22-36(32)45-37-23-13-21-34(42)39(37)33-24-30-18-9-10-19-31(30)26-38(33)45/h3-24,26H,2,25H2,1H3. The maximum atomic E-state index is 6.94. The third kappa shape index (κ3) is 4.77. The van der Waals surface area contributed by atoms with Crippen LogP contribution in [-0.2, 0) is 0 Å². The summed E-state index contributed by atoms with van der Waals surface area (Å²) in [5, 5.41) is 5.28. The summed E-state index contributed by atoms with van der Waals surface area (Å²) >= 11 is 6.94. The number of para-hydroxylation sites is 1. The summed E-state index contributed by atoms with van der Waals surface area (Å²) in [6.45, 7) is 2.21. The van der Waals surface area contributed by atoms with E-state index in [-0.39, 0.29) is 0 Å². The molecule has 2 heterocycles. The van der Waals surface area contributed by atoms with Crippen LogP contribution in [0.3, 0.4) is 0 Å². The molecule has 0 N–H and O–H groups in total. The van der Waals surface area contributed by atoms with Crippen LogP contribution in [0.15, 0.2) is 155 Å². The molecule has 0 bridgehead atoms. The Morgan fingerprint density at radius 1 is 0.644 bits per heavy atom. The summed E-state index contributed by atoms with van der Waals surface area (Å²) in [6, 6.07) is 48.6. The molecule has 0 saturated carbocycles. The highest BCUT2D eigenvalue weighted by atomic mass is 35.5. The average Bonchev–Trinajstić information content (AvgIpc) is 3.28. The van der Waals surface area contributed by atoms with Gasteiger partial charge < -0.3 is 4.57 Å². The Hall–Kier alpha value is -5.25. The van der Waals surface area contributed by atoms with Gasteiger partial charge in [-0.15, -0.1) is 0 Å². The summed E-state index contributed by atoms with van der Waals surface area (Å²) in [6.07, 6.45) is 1.61. The Morgan fingerprint density at radius 2 is 1.31 bits per heavy atom. The topological polar surface area (TPSA) is 29.6 Å². The first-order valence-electron chi connectivity index (χ1n) is 15.4. The molecule has 0 unspecified atom stereocenters. The molecule has 0 saturated heterocycles. The first-order chi connectivity index (χ1) is 22.2. The van der Waals surface area contributed by atoms with Crippen molar-refractivity contribution in [2.24, 2.45) is 9.98 Å². The third-order valence-corrected chi connectivity index (χ3v) is 9.06. The number of benzene rings is 6. The molecule has 0 amide bonds. The number of halogens is 1. The normalized spacial score (nSPS) is 13.7. The molecule has 0 aliphatic carbocycles. The largest absolute Gasteiger partial charge is 0.308 e. The minimum absolute atomic E-state index is 0.699. The van der Waals surface area contributed by atoms with E-state index in [4.69, 9.17) is 21.6 Å². The molecule has 0 atom stereocenters. The Labute approximate surface area is 267 Å². The SMILES string of the molecule is CCC1=C(c2ccccc2)N=C(c2ccccc2-n2c3cc4ccccc4cc3c3c(Cl)cccc32)N=C(c2ccccc2)C1. The molecule has 4 heteroatoms. The van der Waals surface area contributed by atoms with Crippen molar-refractivity contribution >= 4 is 61.4 Å². The number of rotatable bonds is 5. The molecule has 1 aliphatic rings. The lowest BCUT2D eigenvalue weighted by atomic mass is 9.97. The number of allylic oxidation sites excluding steroid dienone is 1. The van der Waals surface area contributed by atoms with Gasteiger partial charge in [0.1, 0.15) is 0 Å². The Kier molecular flexibility index (Phi) is 6.89. The van der Waals surface area contributed by atoms with Crippen LogP contribution < -0.4 is 0 Å². The van der Waals surface area contributed by atoms with E-state index in [0.717, 1.165) is 73.5 Å². The number of hydrogen-bond donors (Lipinski definition) is 0. The molecule has 0 radical (unpaired) electrons. The van der Waals surface area contributed by atoms with Crippen LogP contribution in [0.25, 0.3) is 44.0 Å². The van der Waals surface area contributed by atoms with Gasteiger partial charge >= 0.3 is 0 Å². The van der Waals surface area contributed by atoms with Crippen LogP contribution in [0.2, 0.25) is 5.02 Å². The molecule has 6 aromatic carbocycles. The van der Waals surface area contributed by atoms with Gasteiger partial charge in [-0.25, -0.2) is 9.98 Å². The summed E-state index contributed by atoms with van der Waals surface area (Å²) in [5.74, 6) is 0.699. The van der Waals surface area contributed by atoms with Gasteiger partial charge in [0.2, 0.25) is 0 Å². The van der Waals surface area contributed by atoms with Crippen LogP contribution in [-0.4, -0.2) is 16.1 Å².